The van der Waals surface area contributed by atoms with Crippen LogP contribution in [-0.2, 0) is 9.59 Å². The summed E-state index contributed by atoms with van der Waals surface area (Å²) in [6, 6.07) is 6.49. The molecular weight excluding hydrogens is 230 g/mol. The Kier molecular flexibility index (Phi) is 3.43. The highest BCUT2D eigenvalue weighted by Crippen LogP contribution is 2.29. The summed E-state index contributed by atoms with van der Waals surface area (Å²) in [5.74, 6) is -0.481. The van der Waals surface area contributed by atoms with E-state index in [1.807, 2.05) is 6.07 Å². The van der Waals surface area contributed by atoms with Gasteiger partial charge in [-0.2, -0.15) is 0 Å². The van der Waals surface area contributed by atoms with E-state index < -0.39 is 6.04 Å². The van der Waals surface area contributed by atoms with Crippen molar-refractivity contribution in [2.75, 3.05) is 16.8 Å². The van der Waals surface area contributed by atoms with Gasteiger partial charge in [-0.25, -0.2) is 0 Å². The molecule has 3 N–H and O–H groups in total. The average molecular weight is 245 g/mol. The Hall–Kier alpha value is -2.14. The fourth-order valence-electron chi connectivity index (χ4n) is 1.91. The molecule has 0 aromatic heterocycles. The molecule has 94 valence electrons. The third-order valence-electron chi connectivity index (χ3n) is 2.77. The van der Waals surface area contributed by atoms with Crippen molar-refractivity contribution in [2.24, 2.45) is 5.73 Å². The number of nitrogens with two attached hydrogens (primary N) is 1. The first-order chi connectivity index (χ1) is 8.63. The zero-order chi connectivity index (χ0) is 13.1. The summed E-state index contributed by atoms with van der Waals surface area (Å²) < 4.78 is 0. The van der Waals surface area contributed by atoms with E-state index in [9.17, 15) is 9.59 Å². The summed E-state index contributed by atoms with van der Waals surface area (Å²) in [4.78, 5) is 25.1. The first-order valence-corrected chi connectivity index (χ1v) is 5.70. The van der Waals surface area contributed by atoms with Gasteiger partial charge in [0.1, 0.15) is 6.54 Å². The zero-order valence-corrected chi connectivity index (χ0v) is 9.93. The maximum atomic E-state index is 12.2. The second kappa shape index (κ2) is 5.01. The molecule has 2 rings (SSSR count). The predicted octanol–water partition coefficient (Wildman–Crippen LogP) is 0.875. The lowest BCUT2D eigenvalue weighted by atomic mass is 10.1. The second-order valence-corrected chi connectivity index (χ2v) is 4.12. The Morgan fingerprint density at radius 1 is 1.56 bits per heavy atom. The zero-order valence-electron chi connectivity index (χ0n) is 9.93. The van der Waals surface area contributed by atoms with Crippen LogP contribution in [0.15, 0.2) is 36.9 Å². The molecule has 18 heavy (non-hydrogen) atoms. The van der Waals surface area contributed by atoms with Crippen molar-refractivity contribution in [3.8, 4) is 0 Å². The van der Waals surface area contributed by atoms with Crippen LogP contribution < -0.4 is 16.0 Å². The largest absolute Gasteiger partial charge is 0.323 e. The summed E-state index contributed by atoms with van der Waals surface area (Å²) in [6.45, 7) is 3.56. The quantitative estimate of drug-likeness (QED) is 0.776. The van der Waals surface area contributed by atoms with Crippen LogP contribution in [0.25, 0.3) is 0 Å². The molecule has 5 nitrogen and oxygen atoms in total. The van der Waals surface area contributed by atoms with Crippen molar-refractivity contribution in [1.82, 2.24) is 0 Å². The van der Waals surface area contributed by atoms with Crippen LogP contribution in [0, 0.1) is 0 Å². The van der Waals surface area contributed by atoms with Crippen LogP contribution in [0.3, 0.4) is 0 Å². The molecule has 1 unspecified atom stereocenters. The van der Waals surface area contributed by atoms with Gasteiger partial charge in [-0.1, -0.05) is 18.2 Å². The lowest BCUT2D eigenvalue weighted by Crippen LogP contribution is -2.49. The van der Waals surface area contributed by atoms with Crippen molar-refractivity contribution in [2.45, 2.75) is 12.5 Å². The topological polar surface area (TPSA) is 75.4 Å². The number of rotatable bonds is 3. The Balaban J connectivity index is 2.31. The highest BCUT2D eigenvalue weighted by molar-refractivity contribution is 6.11. The van der Waals surface area contributed by atoms with Gasteiger partial charge in [-0.05, 0) is 18.6 Å². The van der Waals surface area contributed by atoms with Gasteiger partial charge in [0.15, 0.2) is 0 Å². The second-order valence-electron chi connectivity index (χ2n) is 4.12. The van der Waals surface area contributed by atoms with Crippen molar-refractivity contribution in [3.63, 3.8) is 0 Å². The number of carbonyl (C=O) groups is 2. The summed E-state index contributed by atoms with van der Waals surface area (Å²) in [5, 5.41) is 2.72. The maximum Gasteiger partial charge on any atom is 0.244 e. The van der Waals surface area contributed by atoms with E-state index in [1.165, 1.54) is 4.90 Å². The van der Waals surface area contributed by atoms with Crippen molar-refractivity contribution in [1.29, 1.82) is 0 Å². The van der Waals surface area contributed by atoms with Crippen LogP contribution in [0.2, 0.25) is 0 Å². The van der Waals surface area contributed by atoms with E-state index in [2.05, 4.69) is 11.9 Å². The number of hydrogen-bond acceptors (Lipinski definition) is 3. The molecule has 5 heteroatoms. The molecule has 0 spiro atoms. The molecule has 1 aliphatic rings. The van der Waals surface area contributed by atoms with E-state index in [0.29, 0.717) is 17.8 Å². The Morgan fingerprint density at radius 2 is 2.28 bits per heavy atom. The van der Waals surface area contributed by atoms with Gasteiger partial charge in [0, 0.05) is 0 Å². The Labute approximate surface area is 105 Å². The minimum absolute atomic E-state index is 0.000684. The van der Waals surface area contributed by atoms with Crippen molar-refractivity contribution >= 4 is 23.2 Å². The van der Waals surface area contributed by atoms with Crippen LogP contribution in [0.1, 0.15) is 6.42 Å². The third-order valence-corrected chi connectivity index (χ3v) is 2.77. The number of hydrogen-bond donors (Lipinski definition) is 2. The van der Waals surface area contributed by atoms with Gasteiger partial charge in [-0.15, -0.1) is 6.58 Å². The molecule has 0 aliphatic carbocycles. The number of nitrogens with zero attached hydrogens (tertiary/aromatic N) is 1. The van der Waals surface area contributed by atoms with E-state index >= 15 is 0 Å². The van der Waals surface area contributed by atoms with Gasteiger partial charge in [0.2, 0.25) is 11.8 Å². The highest BCUT2D eigenvalue weighted by atomic mass is 16.2. The molecule has 0 bridgehead atoms. The van der Waals surface area contributed by atoms with Crippen LogP contribution in [-0.4, -0.2) is 24.4 Å². The van der Waals surface area contributed by atoms with Gasteiger partial charge in [-0.3, -0.25) is 14.5 Å². The Bertz CT molecular complexity index is 499. The number of para-hydroxylation sites is 2. The van der Waals surface area contributed by atoms with Crippen molar-refractivity contribution < 1.29 is 9.59 Å². The van der Waals surface area contributed by atoms with E-state index in [-0.39, 0.29) is 18.4 Å². The summed E-state index contributed by atoms with van der Waals surface area (Å²) in [7, 11) is 0. The molecule has 0 fully saturated rings. The smallest absolute Gasteiger partial charge is 0.244 e. The summed E-state index contributed by atoms with van der Waals surface area (Å²) in [5.41, 5.74) is 7.08. The van der Waals surface area contributed by atoms with E-state index in [1.54, 1.807) is 24.3 Å². The summed E-state index contributed by atoms with van der Waals surface area (Å²) in [6.07, 6.45) is 1.98. The summed E-state index contributed by atoms with van der Waals surface area (Å²) >= 11 is 0. The number of benzene rings is 1. The number of nitrogens with one attached hydrogen (secondary N) is 1. The molecule has 2 amide bonds. The molecule has 0 radical (unpaired) electrons. The first kappa shape index (κ1) is 12.3. The molecule has 1 aromatic carbocycles. The monoisotopic (exact) mass is 245 g/mol. The van der Waals surface area contributed by atoms with Gasteiger partial charge >= 0.3 is 0 Å². The average Bonchev–Trinajstić information content (AvgIpc) is 2.37. The van der Waals surface area contributed by atoms with Crippen molar-refractivity contribution in [3.05, 3.63) is 36.9 Å². The normalized spacial score (nSPS) is 15.6. The SMILES string of the molecule is C=CCC(N)C(=O)N1CC(=O)Nc2ccccc21. The number of carbonyl (C=O) groups excluding carboxylic acids is 2. The molecular formula is C13H15N3O2. The molecule has 0 saturated heterocycles. The molecule has 1 heterocycles. The van der Waals surface area contributed by atoms with Crippen LogP contribution in [0.4, 0.5) is 11.4 Å². The van der Waals surface area contributed by atoms with Gasteiger partial charge in [0.05, 0.1) is 17.4 Å². The van der Waals surface area contributed by atoms with Crippen LogP contribution in [0.5, 0.6) is 0 Å². The maximum absolute atomic E-state index is 12.2. The lowest BCUT2D eigenvalue weighted by molar-refractivity contribution is -0.122. The van der Waals surface area contributed by atoms with Crippen LogP contribution >= 0.6 is 0 Å². The minimum atomic E-state index is -0.665. The molecule has 1 aromatic rings. The van der Waals surface area contributed by atoms with E-state index in [4.69, 9.17) is 5.73 Å². The first-order valence-electron chi connectivity index (χ1n) is 5.70. The predicted molar refractivity (Wildman–Crippen MR) is 70.2 cm³/mol. The van der Waals surface area contributed by atoms with Gasteiger partial charge < -0.3 is 11.1 Å². The number of anilines is 2. The fraction of sp³-hybridized carbons (Fsp3) is 0.231. The highest BCUT2D eigenvalue weighted by Gasteiger charge is 2.29. The number of fused-ring (bicyclic) bond motifs is 1. The van der Waals surface area contributed by atoms with E-state index in [0.717, 1.165) is 0 Å². The number of amides is 2. The Morgan fingerprint density at radius 3 is 3.00 bits per heavy atom. The minimum Gasteiger partial charge on any atom is -0.323 e. The third kappa shape index (κ3) is 2.26. The fourth-order valence-corrected chi connectivity index (χ4v) is 1.91. The molecule has 1 aliphatic heterocycles. The van der Waals surface area contributed by atoms with Gasteiger partial charge in [0.25, 0.3) is 0 Å². The standard InChI is InChI=1S/C13H15N3O2/c1-2-5-9(14)13(18)16-8-12(17)15-10-6-3-4-7-11(10)16/h2-4,6-7,9H,1,5,8,14H2,(H,15,17). The molecule has 1 atom stereocenters. The molecule has 0 saturated carbocycles. The lowest BCUT2D eigenvalue weighted by Gasteiger charge is -2.30.